The first-order valence-corrected chi connectivity index (χ1v) is 5.58. The molecule has 1 aliphatic rings. The van der Waals surface area contributed by atoms with Crippen LogP contribution in [0.5, 0.6) is 11.5 Å². The molecule has 1 heterocycles. The van der Waals surface area contributed by atoms with Gasteiger partial charge in [0.05, 0.1) is 11.6 Å². The zero-order chi connectivity index (χ0) is 11.2. The van der Waals surface area contributed by atoms with Gasteiger partial charge < -0.3 is 9.84 Å². The first kappa shape index (κ1) is 10.6. The Hall–Kier alpha value is -0.890. The molecule has 0 bridgehead atoms. The first-order chi connectivity index (χ1) is 7.02. The monoisotopic (exact) mass is 226 g/mol. The molecule has 2 nitrogen and oxygen atoms in total. The summed E-state index contributed by atoms with van der Waals surface area (Å²) in [5.41, 5.74) is 1.77. The fourth-order valence-electron chi connectivity index (χ4n) is 2.00. The van der Waals surface area contributed by atoms with Crippen molar-refractivity contribution in [1.82, 2.24) is 0 Å². The fourth-order valence-corrected chi connectivity index (χ4v) is 2.27. The summed E-state index contributed by atoms with van der Waals surface area (Å²) < 4.78 is 5.47. The summed E-state index contributed by atoms with van der Waals surface area (Å²) in [6, 6.07) is 1.80. The molecule has 1 aromatic rings. The summed E-state index contributed by atoms with van der Waals surface area (Å²) in [5, 5.41) is 10.7. The highest BCUT2D eigenvalue weighted by Gasteiger charge is 2.28. The molecule has 3 heteroatoms. The molecule has 0 aromatic heterocycles. The van der Waals surface area contributed by atoms with Crippen LogP contribution in [0.1, 0.15) is 43.7 Å². The molecule has 1 unspecified atom stereocenters. The molecule has 0 radical (unpaired) electrons. The molecule has 0 saturated heterocycles. The molecule has 0 spiro atoms. The highest BCUT2D eigenvalue weighted by Crippen LogP contribution is 2.47. The minimum absolute atomic E-state index is 0.219. The van der Waals surface area contributed by atoms with Crippen molar-refractivity contribution in [2.24, 2.45) is 0 Å². The van der Waals surface area contributed by atoms with Gasteiger partial charge in [-0.3, -0.25) is 0 Å². The van der Waals surface area contributed by atoms with Crippen molar-refractivity contribution in [3.63, 3.8) is 0 Å². The van der Waals surface area contributed by atoms with Crippen molar-refractivity contribution in [3.05, 3.63) is 22.2 Å². The second-order valence-corrected chi connectivity index (χ2v) is 4.81. The van der Waals surface area contributed by atoms with E-state index in [1.165, 1.54) is 0 Å². The minimum atomic E-state index is 0.219. The zero-order valence-electron chi connectivity index (χ0n) is 9.17. The number of fused-ring (bicyclic) bond motifs is 1. The van der Waals surface area contributed by atoms with Gasteiger partial charge in [-0.1, -0.05) is 32.4 Å². The average molecular weight is 227 g/mol. The number of aromatic hydroxyl groups is 1. The summed E-state index contributed by atoms with van der Waals surface area (Å²) in [6.45, 7) is 6.71. The van der Waals surface area contributed by atoms with E-state index in [0.29, 0.717) is 23.1 Å². The van der Waals surface area contributed by atoms with E-state index in [-0.39, 0.29) is 11.8 Å². The lowest BCUT2D eigenvalue weighted by molar-refractivity contribution is 0.337. The normalized spacial score (nSPS) is 19.1. The molecule has 82 valence electrons. The second kappa shape index (κ2) is 3.60. The number of halogens is 1. The smallest absolute Gasteiger partial charge is 0.145 e. The van der Waals surface area contributed by atoms with Crippen molar-refractivity contribution in [3.8, 4) is 11.5 Å². The van der Waals surface area contributed by atoms with Gasteiger partial charge in [0.15, 0.2) is 0 Å². The minimum Gasteiger partial charge on any atom is -0.507 e. The molecule has 2 rings (SSSR count). The lowest BCUT2D eigenvalue weighted by Crippen LogP contribution is -1.95. The van der Waals surface area contributed by atoms with Crippen LogP contribution >= 0.6 is 11.6 Å². The number of ether oxygens (including phenoxy) is 1. The number of benzene rings is 1. The molecule has 1 atom stereocenters. The Morgan fingerprint density at radius 3 is 2.80 bits per heavy atom. The predicted molar refractivity (Wildman–Crippen MR) is 61.1 cm³/mol. The number of phenols is 1. The zero-order valence-corrected chi connectivity index (χ0v) is 9.93. The Morgan fingerprint density at radius 2 is 2.20 bits per heavy atom. The summed E-state index contributed by atoms with van der Waals surface area (Å²) >= 11 is 6.12. The third-order valence-corrected chi connectivity index (χ3v) is 3.15. The van der Waals surface area contributed by atoms with Gasteiger partial charge in [0.1, 0.15) is 11.5 Å². The average Bonchev–Trinajstić information content (AvgIpc) is 2.54. The van der Waals surface area contributed by atoms with Crippen LogP contribution in [0, 0.1) is 0 Å². The number of phenolic OH excluding ortho intramolecular Hbond substituents is 1. The van der Waals surface area contributed by atoms with Crippen LogP contribution in [0.15, 0.2) is 6.07 Å². The van der Waals surface area contributed by atoms with Gasteiger partial charge in [-0.25, -0.2) is 0 Å². The Labute approximate surface area is 94.8 Å². The Bertz CT molecular complexity index is 399. The highest BCUT2D eigenvalue weighted by molar-refractivity contribution is 6.32. The maximum atomic E-state index is 10.1. The number of rotatable bonds is 1. The molecule has 1 aromatic carbocycles. The lowest BCUT2D eigenvalue weighted by atomic mass is 9.94. The van der Waals surface area contributed by atoms with Gasteiger partial charge in [0.25, 0.3) is 0 Å². The standard InChI is InChI=1S/C12H15ClO2/c1-6(2)8-4-9(13)12-10(11(8)14)7(3)5-15-12/h4,6-7,14H,5H2,1-3H3. The van der Waals surface area contributed by atoms with Crippen LogP contribution in [-0.4, -0.2) is 11.7 Å². The summed E-state index contributed by atoms with van der Waals surface area (Å²) in [7, 11) is 0. The summed E-state index contributed by atoms with van der Waals surface area (Å²) in [6.07, 6.45) is 0. The molecule has 15 heavy (non-hydrogen) atoms. The van der Waals surface area contributed by atoms with E-state index in [0.717, 1.165) is 11.1 Å². The van der Waals surface area contributed by atoms with Crippen LogP contribution in [0.2, 0.25) is 5.02 Å². The molecule has 0 aliphatic carbocycles. The van der Waals surface area contributed by atoms with Crippen LogP contribution in [0.4, 0.5) is 0 Å². The van der Waals surface area contributed by atoms with E-state index in [1.54, 1.807) is 6.07 Å². The molecule has 0 amide bonds. The van der Waals surface area contributed by atoms with Crippen molar-refractivity contribution in [1.29, 1.82) is 0 Å². The van der Waals surface area contributed by atoms with E-state index in [4.69, 9.17) is 16.3 Å². The van der Waals surface area contributed by atoms with Crippen LogP contribution in [-0.2, 0) is 0 Å². The lowest BCUT2D eigenvalue weighted by Gasteiger charge is -2.14. The highest BCUT2D eigenvalue weighted by atomic mass is 35.5. The van der Waals surface area contributed by atoms with Crippen molar-refractivity contribution in [2.45, 2.75) is 32.6 Å². The van der Waals surface area contributed by atoms with Gasteiger partial charge in [0.2, 0.25) is 0 Å². The van der Waals surface area contributed by atoms with Crippen LogP contribution in [0.3, 0.4) is 0 Å². The Balaban J connectivity index is 2.65. The van der Waals surface area contributed by atoms with E-state index in [9.17, 15) is 5.11 Å². The molecule has 0 saturated carbocycles. The largest absolute Gasteiger partial charge is 0.507 e. The van der Waals surface area contributed by atoms with Crippen molar-refractivity contribution < 1.29 is 9.84 Å². The predicted octanol–water partition coefficient (Wildman–Crippen LogP) is 3.66. The van der Waals surface area contributed by atoms with E-state index in [1.807, 2.05) is 20.8 Å². The third kappa shape index (κ3) is 1.57. The summed E-state index contributed by atoms with van der Waals surface area (Å²) in [5.74, 6) is 1.50. The van der Waals surface area contributed by atoms with Gasteiger partial charge in [-0.15, -0.1) is 0 Å². The number of hydrogen-bond donors (Lipinski definition) is 1. The van der Waals surface area contributed by atoms with Gasteiger partial charge in [-0.05, 0) is 17.5 Å². The SMILES string of the molecule is CC(C)c1cc(Cl)c2c(c1O)C(C)CO2. The quantitative estimate of drug-likeness (QED) is 0.792. The van der Waals surface area contributed by atoms with E-state index in [2.05, 4.69) is 0 Å². The van der Waals surface area contributed by atoms with Crippen LogP contribution in [0.25, 0.3) is 0 Å². The maximum absolute atomic E-state index is 10.1. The molecule has 1 aliphatic heterocycles. The Kier molecular flexibility index (Phi) is 2.55. The molecular formula is C12H15ClO2. The topological polar surface area (TPSA) is 29.5 Å². The van der Waals surface area contributed by atoms with Crippen molar-refractivity contribution in [2.75, 3.05) is 6.61 Å². The fraction of sp³-hybridized carbons (Fsp3) is 0.500. The van der Waals surface area contributed by atoms with Gasteiger partial charge in [-0.2, -0.15) is 0 Å². The second-order valence-electron chi connectivity index (χ2n) is 4.41. The molecular weight excluding hydrogens is 212 g/mol. The number of hydrogen-bond acceptors (Lipinski definition) is 2. The first-order valence-electron chi connectivity index (χ1n) is 5.20. The summed E-state index contributed by atoms with van der Waals surface area (Å²) in [4.78, 5) is 0. The van der Waals surface area contributed by atoms with Crippen LogP contribution < -0.4 is 4.74 Å². The van der Waals surface area contributed by atoms with Gasteiger partial charge in [0, 0.05) is 11.5 Å². The van der Waals surface area contributed by atoms with Crippen molar-refractivity contribution >= 4 is 11.6 Å². The molecule has 0 fully saturated rings. The maximum Gasteiger partial charge on any atom is 0.145 e. The molecule has 1 N–H and O–H groups in total. The van der Waals surface area contributed by atoms with Gasteiger partial charge >= 0.3 is 0 Å². The van der Waals surface area contributed by atoms with E-state index < -0.39 is 0 Å². The third-order valence-electron chi connectivity index (χ3n) is 2.86. The Morgan fingerprint density at radius 1 is 1.53 bits per heavy atom. The van der Waals surface area contributed by atoms with E-state index >= 15 is 0 Å².